The second kappa shape index (κ2) is 6.44. The summed E-state index contributed by atoms with van der Waals surface area (Å²) in [5.41, 5.74) is 1.57. The Kier molecular flexibility index (Phi) is 4.34. The molecule has 0 aliphatic rings. The molecule has 8 nitrogen and oxygen atoms in total. The summed E-state index contributed by atoms with van der Waals surface area (Å²) < 4.78 is 10.4. The van der Waals surface area contributed by atoms with Gasteiger partial charge in [-0.25, -0.2) is 9.42 Å². The normalized spacial score (nSPS) is 10.8. The number of esters is 1. The van der Waals surface area contributed by atoms with Crippen LogP contribution in [0.25, 0.3) is 10.9 Å². The van der Waals surface area contributed by atoms with Crippen LogP contribution in [0.1, 0.15) is 33.6 Å². The highest BCUT2D eigenvalue weighted by Gasteiger charge is 2.23. The first-order chi connectivity index (χ1) is 11.5. The SMILES string of the molecule is CCOC(=O)c1[nH]c2ccc(Br)cc2c1NC(=O)c1nonc1C. The third-order valence-corrected chi connectivity index (χ3v) is 3.84. The Morgan fingerprint density at radius 1 is 1.38 bits per heavy atom. The molecule has 0 spiro atoms. The van der Waals surface area contributed by atoms with Crippen molar-refractivity contribution in [2.45, 2.75) is 13.8 Å². The van der Waals surface area contributed by atoms with Crippen molar-refractivity contribution >= 4 is 44.4 Å². The van der Waals surface area contributed by atoms with Gasteiger partial charge < -0.3 is 15.0 Å². The Morgan fingerprint density at radius 2 is 2.17 bits per heavy atom. The van der Waals surface area contributed by atoms with E-state index in [1.165, 1.54) is 0 Å². The summed E-state index contributed by atoms with van der Waals surface area (Å²) in [4.78, 5) is 27.6. The summed E-state index contributed by atoms with van der Waals surface area (Å²) >= 11 is 3.38. The number of hydrogen-bond acceptors (Lipinski definition) is 6. The van der Waals surface area contributed by atoms with Gasteiger partial charge in [0.05, 0.1) is 12.3 Å². The molecule has 0 atom stereocenters. The molecule has 1 aromatic carbocycles. The molecule has 2 N–H and O–H groups in total. The number of aromatic nitrogens is 3. The van der Waals surface area contributed by atoms with Crippen LogP contribution in [0.2, 0.25) is 0 Å². The molecule has 0 unspecified atom stereocenters. The van der Waals surface area contributed by atoms with Gasteiger partial charge in [0.1, 0.15) is 11.4 Å². The number of benzene rings is 1. The zero-order valence-corrected chi connectivity index (χ0v) is 14.4. The monoisotopic (exact) mass is 392 g/mol. The first-order valence-corrected chi connectivity index (χ1v) is 7.89. The third kappa shape index (κ3) is 2.90. The quantitative estimate of drug-likeness (QED) is 0.660. The van der Waals surface area contributed by atoms with E-state index in [0.717, 1.165) is 4.47 Å². The van der Waals surface area contributed by atoms with Crippen molar-refractivity contribution in [1.29, 1.82) is 0 Å². The lowest BCUT2D eigenvalue weighted by Gasteiger charge is -2.06. The molecule has 1 amide bonds. The lowest BCUT2D eigenvalue weighted by atomic mass is 10.2. The van der Waals surface area contributed by atoms with Crippen molar-refractivity contribution in [2.75, 3.05) is 11.9 Å². The van der Waals surface area contributed by atoms with Crippen molar-refractivity contribution < 1.29 is 19.0 Å². The molecule has 0 saturated heterocycles. The van der Waals surface area contributed by atoms with Crippen LogP contribution in [-0.2, 0) is 4.74 Å². The molecule has 9 heteroatoms. The van der Waals surface area contributed by atoms with Crippen LogP contribution < -0.4 is 5.32 Å². The van der Waals surface area contributed by atoms with E-state index in [2.05, 4.69) is 41.2 Å². The van der Waals surface area contributed by atoms with E-state index in [0.29, 0.717) is 22.3 Å². The molecule has 2 aromatic heterocycles. The Labute approximate surface area is 144 Å². The van der Waals surface area contributed by atoms with Crippen LogP contribution in [0, 0.1) is 6.92 Å². The van der Waals surface area contributed by atoms with E-state index in [1.54, 1.807) is 26.0 Å². The number of halogens is 1. The van der Waals surface area contributed by atoms with E-state index < -0.39 is 11.9 Å². The zero-order valence-electron chi connectivity index (χ0n) is 12.8. The van der Waals surface area contributed by atoms with E-state index >= 15 is 0 Å². The van der Waals surface area contributed by atoms with Gasteiger partial charge >= 0.3 is 5.97 Å². The number of carbonyl (C=O) groups excluding carboxylic acids is 2. The van der Waals surface area contributed by atoms with Crippen LogP contribution >= 0.6 is 15.9 Å². The fourth-order valence-electron chi connectivity index (χ4n) is 2.26. The summed E-state index contributed by atoms with van der Waals surface area (Å²) in [6.45, 7) is 3.53. The number of ether oxygens (including phenoxy) is 1. The third-order valence-electron chi connectivity index (χ3n) is 3.35. The topological polar surface area (TPSA) is 110 Å². The summed E-state index contributed by atoms with van der Waals surface area (Å²) in [7, 11) is 0. The number of nitrogens with zero attached hydrogens (tertiary/aromatic N) is 2. The Morgan fingerprint density at radius 3 is 2.83 bits per heavy atom. The molecular weight excluding hydrogens is 380 g/mol. The minimum absolute atomic E-state index is 0.0501. The van der Waals surface area contributed by atoms with Crippen molar-refractivity contribution in [3.63, 3.8) is 0 Å². The van der Waals surface area contributed by atoms with Gasteiger partial charge in [0.15, 0.2) is 5.69 Å². The first kappa shape index (κ1) is 16.2. The molecule has 3 rings (SSSR count). The molecule has 0 aliphatic heterocycles. The predicted octanol–water partition coefficient (Wildman–Crippen LogP) is 3.05. The highest BCUT2D eigenvalue weighted by Crippen LogP contribution is 2.31. The molecule has 3 aromatic rings. The van der Waals surface area contributed by atoms with E-state index in [9.17, 15) is 9.59 Å². The van der Waals surface area contributed by atoms with Gasteiger partial charge in [0.25, 0.3) is 5.91 Å². The lowest BCUT2D eigenvalue weighted by Crippen LogP contribution is -2.16. The van der Waals surface area contributed by atoms with E-state index in [1.807, 2.05) is 6.07 Å². The minimum Gasteiger partial charge on any atom is -0.461 e. The Balaban J connectivity index is 2.08. The Bertz CT molecular complexity index is 931. The number of anilines is 1. The molecule has 2 heterocycles. The molecule has 0 aliphatic carbocycles. The standard InChI is InChI=1S/C15H13BrN4O4/c1-3-23-15(22)13-12(9-6-8(16)4-5-10(9)17-13)18-14(21)11-7(2)19-24-20-11/h4-6,17H,3H2,1-2H3,(H,18,21). The molecule has 0 saturated carbocycles. The maximum absolute atomic E-state index is 12.4. The smallest absolute Gasteiger partial charge is 0.356 e. The molecule has 24 heavy (non-hydrogen) atoms. The average molecular weight is 393 g/mol. The predicted molar refractivity (Wildman–Crippen MR) is 88.9 cm³/mol. The fourth-order valence-corrected chi connectivity index (χ4v) is 2.62. The van der Waals surface area contributed by atoms with Gasteiger partial charge in [-0.1, -0.05) is 21.1 Å². The van der Waals surface area contributed by atoms with Crippen LogP contribution in [0.15, 0.2) is 27.3 Å². The van der Waals surface area contributed by atoms with Gasteiger partial charge in [0, 0.05) is 15.4 Å². The lowest BCUT2D eigenvalue weighted by molar-refractivity contribution is 0.0522. The zero-order chi connectivity index (χ0) is 17.3. The number of H-pyrrole nitrogens is 1. The average Bonchev–Trinajstić information content (AvgIpc) is 3.12. The van der Waals surface area contributed by atoms with Gasteiger partial charge in [0.2, 0.25) is 0 Å². The number of hydrogen-bond donors (Lipinski definition) is 2. The van der Waals surface area contributed by atoms with E-state index in [4.69, 9.17) is 4.74 Å². The summed E-state index contributed by atoms with van der Waals surface area (Å²) in [5, 5.41) is 10.5. The summed E-state index contributed by atoms with van der Waals surface area (Å²) in [6, 6.07) is 5.41. The number of carbonyl (C=O) groups is 2. The largest absolute Gasteiger partial charge is 0.461 e. The Hall–Kier alpha value is -2.68. The molecule has 0 radical (unpaired) electrons. The molecule has 124 valence electrons. The summed E-state index contributed by atoms with van der Waals surface area (Å²) in [6.07, 6.45) is 0. The molecule has 0 fully saturated rings. The van der Waals surface area contributed by atoms with Gasteiger partial charge in [-0.2, -0.15) is 0 Å². The van der Waals surface area contributed by atoms with Gasteiger partial charge in [-0.05, 0) is 37.2 Å². The highest BCUT2D eigenvalue weighted by molar-refractivity contribution is 9.10. The van der Waals surface area contributed by atoms with Crippen molar-refractivity contribution in [2.24, 2.45) is 0 Å². The second-order valence-electron chi connectivity index (χ2n) is 4.94. The van der Waals surface area contributed by atoms with Crippen LogP contribution in [0.4, 0.5) is 5.69 Å². The second-order valence-corrected chi connectivity index (χ2v) is 5.85. The van der Waals surface area contributed by atoms with Crippen LogP contribution in [0.5, 0.6) is 0 Å². The number of amides is 1. The first-order valence-electron chi connectivity index (χ1n) is 7.10. The number of nitrogens with one attached hydrogen (secondary N) is 2. The molecular formula is C15H13BrN4O4. The van der Waals surface area contributed by atoms with Gasteiger partial charge in [-0.3, -0.25) is 4.79 Å². The van der Waals surface area contributed by atoms with Crippen LogP contribution in [-0.4, -0.2) is 33.8 Å². The molecule has 0 bridgehead atoms. The van der Waals surface area contributed by atoms with Gasteiger partial charge in [-0.15, -0.1) is 0 Å². The van der Waals surface area contributed by atoms with Crippen molar-refractivity contribution in [1.82, 2.24) is 15.3 Å². The van der Waals surface area contributed by atoms with Crippen LogP contribution in [0.3, 0.4) is 0 Å². The van der Waals surface area contributed by atoms with Crippen molar-refractivity contribution in [3.8, 4) is 0 Å². The summed E-state index contributed by atoms with van der Waals surface area (Å²) in [5.74, 6) is -1.09. The number of aromatic amines is 1. The minimum atomic E-state index is -0.560. The van der Waals surface area contributed by atoms with Crippen molar-refractivity contribution in [3.05, 3.63) is 39.8 Å². The number of rotatable bonds is 4. The maximum Gasteiger partial charge on any atom is 0.356 e. The number of aryl methyl sites for hydroxylation is 1. The highest BCUT2D eigenvalue weighted by atomic mass is 79.9. The fraction of sp³-hybridized carbons (Fsp3) is 0.200. The van der Waals surface area contributed by atoms with E-state index in [-0.39, 0.29) is 18.0 Å². The maximum atomic E-state index is 12.4. The number of fused-ring (bicyclic) bond motifs is 1.